The molecule has 0 N–H and O–H groups in total. The number of hydrogen-bond acceptors (Lipinski definition) is 2. The van der Waals surface area contributed by atoms with E-state index in [9.17, 15) is 18.0 Å². The molecule has 0 aromatic heterocycles. The SMILES string of the molecule is CCOC(=O)CC(C)(C)CCc1ccc(-c2ccc(C(F)(F)F)cc2)cc1. The Labute approximate surface area is 158 Å². The van der Waals surface area contributed by atoms with Gasteiger partial charge in [0.2, 0.25) is 0 Å². The molecular formula is C22H25F3O2. The Morgan fingerprint density at radius 2 is 1.44 bits per heavy atom. The van der Waals surface area contributed by atoms with E-state index in [4.69, 9.17) is 4.74 Å². The van der Waals surface area contributed by atoms with Crippen molar-refractivity contribution in [3.63, 3.8) is 0 Å². The highest BCUT2D eigenvalue weighted by Gasteiger charge is 2.30. The summed E-state index contributed by atoms with van der Waals surface area (Å²) >= 11 is 0. The topological polar surface area (TPSA) is 26.3 Å². The summed E-state index contributed by atoms with van der Waals surface area (Å²) in [5.41, 5.74) is 1.95. The maximum absolute atomic E-state index is 12.6. The fourth-order valence-corrected chi connectivity index (χ4v) is 2.89. The van der Waals surface area contributed by atoms with Gasteiger partial charge in [-0.1, -0.05) is 50.2 Å². The first-order valence-corrected chi connectivity index (χ1v) is 9.03. The molecule has 0 aliphatic carbocycles. The molecule has 27 heavy (non-hydrogen) atoms. The van der Waals surface area contributed by atoms with Crippen molar-refractivity contribution in [1.82, 2.24) is 0 Å². The van der Waals surface area contributed by atoms with Crippen LogP contribution in [-0.4, -0.2) is 12.6 Å². The van der Waals surface area contributed by atoms with Crippen LogP contribution in [0, 0.1) is 5.41 Å². The van der Waals surface area contributed by atoms with E-state index >= 15 is 0 Å². The molecular weight excluding hydrogens is 353 g/mol. The number of hydrogen-bond donors (Lipinski definition) is 0. The second-order valence-corrected chi connectivity index (χ2v) is 7.42. The van der Waals surface area contributed by atoms with Gasteiger partial charge in [0.25, 0.3) is 0 Å². The summed E-state index contributed by atoms with van der Waals surface area (Å²) in [7, 11) is 0. The zero-order valence-electron chi connectivity index (χ0n) is 15.9. The molecule has 0 radical (unpaired) electrons. The molecule has 0 amide bonds. The molecule has 0 unspecified atom stereocenters. The molecule has 146 valence electrons. The van der Waals surface area contributed by atoms with E-state index in [0.29, 0.717) is 13.0 Å². The molecule has 2 aromatic carbocycles. The molecule has 0 aliphatic heterocycles. The third-order valence-electron chi connectivity index (χ3n) is 4.52. The van der Waals surface area contributed by atoms with Crippen molar-refractivity contribution in [2.45, 2.75) is 46.2 Å². The van der Waals surface area contributed by atoms with Crippen molar-refractivity contribution in [3.8, 4) is 11.1 Å². The molecule has 2 rings (SSSR count). The molecule has 2 nitrogen and oxygen atoms in total. The Kier molecular flexibility index (Phi) is 6.68. The average Bonchev–Trinajstić information content (AvgIpc) is 2.60. The second kappa shape index (κ2) is 8.59. The van der Waals surface area contributed by atoms with Crippen LogP contribution in [0.3, 0.4) is 0 Å². The van der Waals surface area contributed by atoms with Crippen LogP contribution in [0.2, 0.25) is 0 Å². The monoisotopic (exact) mass is 378 g/mol. The van der Waals surface area contributed by atoms with Gasteiger partial charge in [0.05, 0.1) is 18.6 Å². The van der Waals surface area contributed by atoms with Crippen molar-refractivity contribution in [3.05, 3.63) is 59.7 Å². The highest BCUT2D eigenvalue weighted by Crippen LogP contribution is 2.31. The van der Waals surface area contributed by atoms with E-state index in [0.717, 1.165) is 41.7 Å². The largest absolute Gasteiger partial charge is 0.466 e. The van der Waals surface area contributed by atoms with Crippen LogP contribution in [0.15, 0.2) is 48.5 Å². The third-order valence-corrected chi connectivity index (χ3v) is 4.52. The van der Waals surface area contributed by atoms with Crippen LogP contribution in [-0.2, 0) is 22.1 Å². The van der Waals surface area contributed by atoms with Crippen LogP contribution >= 0.6 is 0 Å². The van der Waals surface area contributed by atoms with Gasteiger partial charge in [0.15, 0.2) is 0 Å². The second-order valence-electron chi connectivity index (χ2n) is 7.42. The minimum atomic E-state index is -4.32. The van der Waals surface area contributed by atoms with Gasteiger partial charge < -0.3 is 4.74 Å². The van der Waals surface area contributed by atoms with E-state index in [1.165, 1.54) is 12.1 Å². The van der Waals surface area contributed by atoms with Crippen molar-refractivity contribution >= 4 is 5.97 Å². The smallest absolute Gasteiger partial charge is 0.416 e. The molecule has 0 saturated carbocycles. The molecule has 0 saturated heterocycles. The van der Waals surface area contributed by atoms with Crippen molar-refractivity contribution in [1.29, 1.82) is 0 Å². The molecule has 0 spiro atoms. The Balaban J connectivity index is 1.98. The lowest BCUT2D eigenvalue weighted by Crippen LogP contribution is -2.19. The number of carbonyl (C=O) groups is 1. The molecule has 0 fully saturated rings. The number of alkyl halides is 3. The first-order valence-electron chi connectivity index (χ1n) is 9.03. The van der Waals surface area contributed by atoms with Gasteiger partial charge in [0.1, 0.15) is 0 Å². The predicted molar refractivity (Wildman–Crippen MR) is 100 cm³/mol. The molecule has 2 aromatic rings. The standard InChI is InChI=1S/C22H25F3O2/c1-4-27-20(26)15-21(2,3)14-13-16-5-7-17(8-6-16)18-9-11-19(12-10-18)22(23,24)25/h5-12H,4,13-15H2,1-3H3. The minimum Gasteiger partial charge on any atom is -0.466 e. The first kappa shape index (κ1) is 21.0. The fourth-order valence-electron chi connectivity index (χ4n) is 2.89. The van der Waals surface area contributed by atoms with Crippen LogP contribution in [0.25, 0.3) is 11.1 Å². The van der Waals surface area contributed by atoms with Crippen LogP contribution < -0.4 is 0 Å². The van der Waals surface area contributed by atoms with Gasteiger partial charge in [-0.25, -0.2) is 0 Å². The number of carbonyl (C=O) groups excluding carboxylic acids is 1. The number of halogens is 3. The van der Waals surface area contributed by atoms with Gasteiger partial charge in [-0.3, -0.25) is 4.79 Å². The Hall–Kier alpha value is -2.30. The van der Waals surface area contributed by atoms with Crippen molar-refractivity contribution in [2.24, 2.45) is 5.41 Å². The van der Waals surface area contributed by atoms with Crippen LogP contribution in [0.4, 0.5) is 13.2 Å². The summed E-state index contributed by atoms with van der Waals surface area (Å²) in [4.78, 5) is 11.7. The van der Waals surface area contributed by atoms with E-state index < -0.39 is 11.7 Å². The molecule has 5 heteroatoms. The van der Waals surface area contributed by atoms with Crippen molar-refractivity contribution < 1.29 is 22.7 Å². The Morgan fingerprint density at radius 1 is 0.926 bits per heavy atom. The number of benzene rings is 2. The zero-order valence-corrected chi connectivity index (χ0v) is 15.9. The predicted octanol–water partition coefficient (Wildman–Crippen LogP) is 6.28. The van der Waals surface area contributed by atoms with Gasteiger partial charge >= 0.3 is 12.1 Å². The molecule has 0 aliphatic rings. The van der Waals surface area contributed by atoms with Crippen molar-refractivity contribution in [2.75, 3.05) is 6.61 Å². The first-order chi connectivity index (χ1) is 12.6. The Bertz CT molecular complexity index is 745. The molecule has 0 bridgehead atoms. The van der Waals surface area contributed by atoms with Crippen LogP contribution in [0.5, 0.6) is 0 Å². The summed E-state index contributed by atoms with van der Waals surface area (Å²) in [5.74, 6) is -0.180. The third kappa shape index (κ3) is 6.42. The highest BCUT2D eigenvalue weighted by molar-refractivity contribution is 5.70. The maximum Gasteiger partial charge on any atom is 0.416 e. The lowest BCUT2D eigenvalue weighted by atomic mass is 9.83. The van der Waals surface area contributed by atoms with Crippen LogP contribution in [0.1, 0.15) is 44.7 Å². The number of esters is 1. The average molecular weight is 378 g/mol. The summed E-state index contributed by atoms with van der Waals surface area (Å²) < 4.78 is 43.0. The lowest BCUT2D eigenvalue weighted by Gasteiger charge is -2.23. The summed E-state index contributed by atoms with van der Waals surface area (Å²) in [6.45, 7) is 6.27. The quantitative estimate of drug-likeness (QED) is 0.530. The summed E-state index contributed by atoms with van der Waals surface area (Å²) in [5, 5.41) is 0. The lowest BCUT2D eigenvalue weighted by molar-refractivity contribution is -0.145. The number of ether oxygens (including phenoxy) is 1. The number of aryl methyl sites for hydroxylation is 1. The van der Waals surface area contributed by atoms with E-state index in [-0.39, 0.29) is 11.4 Å². The van der Waals surface area contributed by atoms with E-state index in [1.807, 2.05) is 38.1 Å². The van der Waals surface area contributed by atoms with Gasteiger partial charge in [-0.15, -0.1) is 0 Å². The summed E-state index contributed by atoms with van der Waals surface area (Å²) in [6, 6.07) is 13.0. The fraction of sp³-hybridized carbons (Fsp3) is 0.409. The number of rotatable bonds is 7. The highest BCUT2D eigenvalue weighted by atomic mass is 19.4. The van der Waals surface area contributed by atoms with Gasteiger partial charge in [-0.05, 0) is 54.0 Å². The van der Waals surface area contributed by atoms with Gasteiger partial charge in [0, 0.05) is 0 Å². The minimum absolute atomic E-state index is 0.154. The zero-order chi connectivity index (χ0) is 20.1. The Morgan fingerprint density at radius 3 is 1.93 bits per heavy atom. The molecule has 0 atom stereocenters. The summed E-state index contributed by atoms with van der Waals surface area (Å²) in [6.07, 6.45) is -2.28. The van der Waals surface area contributed by atoms with Gasteiger partial charge in [-0.2, -0.15) is 13.2 Å². The normalized spacial score (nSPS) is 12.1. The van der Waals surface area contributed by atoms with E-state index in [2.05, 4.69) is 0 Å². The molecule has 0 heterocycles. The van der Waals surface area contributed by atoms with E-state index in [1.54, 1.807) is 6.92 Å². The maximum atomic E-state index is 12.6.